The van der Waals surface area contributed by atoms with Crippen molar-refractivity contribution in [3.8, 4) is 0 Å². The third-order valence-corrected chi connectivity index (χ3v) is 3.01. The van der Waals surface area contributed by atoms with E-state index in [-0.39, 0.29) is 23.8 Å². The minimum atomic E-state index is -0.491. The molecule has 1 fully saturated rings. The predicted molar refractivity (Wildman–Crippen MR) is 73.8 cm³/mol. The van der Waals surface area contributed by atoms with Crippen LogP contribution >= 0.6 is 0 Å². The van der Waals surface area contributed by atoms with Crippen LogP contribution in [-0.4, -0.2) is 35.1 Å². The number of benzene rings is 1. The quantitative estimate of drug-likeness (QED) is 0.396. The summed E-state index contributed by atoms with van der Waals surface area (Å²) < 4.78 is 0. The highest BCUT2D eigenvalue weighted by Crippen LogP contribution is 2.31. The Morgan fingerprint density at radius 2 is 2.20 bits per heavy atom. The summed E-state index contributed by atoms with van der Waals surface area (Å²) in [4.78, 5) is 22.4. The second kappa shape index (κ2) is 6.33. The highest BCUT2D eigenvalue weighted by Gasteiger charge is 2.25. The Morgan fingerprint density at radius 1 is 1.45 bits per heavy atom. The van der Waals surface area contributed by atoms with E-state index in [2.05, 4.69) is 10.6 Å². The third-order valence-electron chi connectivity index (χ3n) is 3.01. The molecule has 1 aliphatic rings. The van der Waals surface area contributed by atoms with Gasteiger partial charge >= 0.3 is 0 Å². The van der Waals surface area contributed by atoms with Gasteiger partial charge in [0.15, 0.2) is 0 Å². The van der Waals surface area contributed by atoms with E-state index < -0.39 is 4.92 Å². The number of nitro groups is 1. The van der Waals surface area contributed by atoms with Gasteiger partial charge in [-0.3, -0.25) is 14.9 Å². The Balaban J connectivity index is 2.11. The first-order chi connectivity index (χ1) is 9.61. The number of carbonyl (C=O) groups excluding carboxylic acids is 1. The number of nitro benzene ring substituents is 1. The van der Waals surface area contributed by atoms with E-state index >= 15 is 0 Å². The van der Waals surface area contributed by atoms with Gasteiger partial charge in [-0.15, -0.1) is 0 Å². The maximum atomic E-state index is 11.8. The van der Waals surface area contributed by atoms with Crippen molar-refractivity contribution < 1.29 is 14.8 Å². The van der Waals surface area contributed by atoms with Gasteiger partial charge in [0.25, 0.3) is 11.6 Å². The molecule has 0 bridgehead atoms. The number of rotatable bonds is 7. The van der Waals surface area contributed by atoms with Crippen molar-refractivity contribution in [3.05, 3.63) is 33.9 Å². The summed E-state index contributed by atoms with van der Waals surface area (Å²) in [5, 5.41) is 25.4. The molecule has 1 amide bonds. The van der Waals surface area contributed by atoms with Gasteiger partial charge in [-0.1, -0.05) is 0 Å². The summed E-state index contributed by atoms with van der Waals surface area (Å²) in [7, 11) is 0. The van der Waals surface area contributed by atoms with E-state index in [4.69, 9.17) is 5.11 Å². The standard InChI is InChI=1S/C13H17N3O4/c17-7-1-6-14-13(18)9-2-5-11(15-10-3-4-10)12(8-9)16(19)20/h2,5,8,10,15,17H,1,3-4,6-7H2,(H,14,18). The molecule has 0 saturated heterocycles. The Labute approximate surface area is 116 Å². The summed E-state index contributed by atoms with van der Waals surface area (Å²) in [6.45, 7) is 0.329. The Kier molecular flexibility index (Phi) is 4.52. The molecule has 7 nitrogen and oxygen atoms in total. The second-order valence-corrected chi connectivity index (χ2v) is 4.74. The molecule has 0 aromatic heterocycles. The molecule has 20 heavy (non-hydrogen) atoms. The molecule has 0 radical (unpaired) electrons. The van der Waals surface area contributed by atoms with Gasteiger partial charge in [0, 0.05) is 30.8 Å². The van der Waals surface area contributed by atoms with Crippen molar-refractivity contribution in [1.29, 1.82) is 0 Å². The summed E-state index contributed by atoms with van der Waals surface area (Å²) >= 11 is 0. The van der Waals surface area contributed by atoms with Crippen molar-refractivity contribution in [1.82, 2.24) is 5.32 Å². The number of nitrogens with one attached hydrogen (secondary N) is 2. The van der Waals surface area contributed by atoms with Crippen LogP contribution in [-0.2, 0) is 0 Å². The first-order valence-corrected chi connectivity index (χ1v) is 6.56. The lowest BCUT2D eigenvalue weighted by Gasteiger charge is -2.08. The third kappa shape index (κ3) is 3.67. The molecule has 0 spiro atoms. The van der Waals surface area contributed by atoms with E-state index in [0.29, 0.717) is 24.7 Å². The topological polar surface area (TPSA) is 104 Å². The van der Waals surface area contributed by atoms with Crippen LogP contribution in [0.2, 0.25) is 0 Å². The minimum Gasteiger partial charge on any atom is -0.396 e. The number of amides is 1. The molecule has 0 unspecified atom stereocenters. The fourth-order valence-corrected chi connectivity index (χ4v) is 1.78. The zero-order valence-electron chi connectivity index (χ0n) is 11.0. The molecule has 0 heterocycles. The van der Waals surface area contributed by atoms with E-state index in [1.807, 2.05) is 0 Å². The lowest BCUT2D eigenvalue weighted by Crippen LogP contribution is -2.25. The molecule has 2 rings (SSSR count). The molecule has 3 N–H and O–H groups in total. The Bertz CT molecular complexity index is 514. The van der Waals surface area contributed by atoms with E-state index in [1.165, 1.54) is 6.07 Å². The molecule has 0 aliphatic heterocycles. The zero-order valence-corrected chi connectivity index (χ0v) is 11.0. The number of aliphatic hydroxyl groups is 1. The predicted octanol–water partition coefficient (Wildman–Crippen LogP) is 1.28. The molecular weight excluding hydrogens is 262 g/mol. The number of anilines is 1. The molecule has 0 atom stereocenters. The average molecular weight is 279 g/mol. The molecule has 1 aliphatic carbocycles. The normalized spacial score (nSPS) is 13.8. The minimum absolute atomic E-state index is 0.00925. The van der Waals surface area contributed by atoms with Crippen LogP contribution in [0.4, 0.5) is 11.4 Å². The second-order valence-electron chi connectivity index (χ2n) is 4.74. The van der Waals surface area contributed by atoms with Crippen LogP contribution in [0, 0.1) is 10.1 Å². The van der Waals surface area contributed by atoms with Gasteiger partial charge < -0.3 is 15.7 Å². The van der Waals surface area contributed by atoms with Gasteiger partial charge in [0.2, 0.25) is 0 Å². The lowest BCUT2D eigenvalue weighted by atomic mass is 10.1. The zero-order chi connectivity index (χ0) is 14.5. The highest BCUT2D eigenvalue weighted by atomic mass is 16.6. The average Bonchev–Trinajstić information content (AvgIpc) is 3.23. The maximum Gasteiger partial charge on any atom is 0.293 e. The fourth-order valence-electron chi connectivity index (χ4n) is 1.78. The van der Waals surface area contributed by atoms with Crippen LogP contribution in [0.5, 0.6) is 0 Å². The summed E-state index contributed by atoms with van der Waals surface area (Å²) in [5.74, 6) is -0.375. The van der Waals surface area contributed by atoms with Crippen molar-refractivity contribution in [2.75, 3.05) is 18.5 Å². The molecular formula is C13H17N3O4. The molecule has 1 aromatic rings. The molecule has 1 aromatic carbocycles. The summed E-state index contributed by atoms with van der Waals surface area (Å²) in [6, 6.07) is 4.71. The number of carbonyl (C=O) groups is 1. The Morgan fingerprint density at radius 3 is 2.80 bits per heavy atom. The van der Waals surface area contributed by atoms with E-state index in [9.17, 15) is 14.9 Å². The van der Waals surface area contributed by atoms with Gasteiger partial charge in [0.1, 0.15) is 5.69 Å². The highest BCUT2D eigenvalue weighted by molar-refractivity contribution is 5.95. The van der Waals surface area contributed by atoms with Crippen molar-refractivity contribution >= 4 is 17.3 Å². The SMILES string of the molecule is O=C(NCCCO)c1ccc(NC2CC2)c([N+](=O)[O-])c1. The van der Waals surface area contributed by atoms with Crippen molar-refractivity contribution in [2.45, 2.75) is 25.3 Å². The van der Waals surface area contributed by atoms with Crippen LogP contribution in [0.15, 0.2) is 18.2 Å². The van der Waals surface area contributed by atoms with Gasteiger partial charge in [-0.25, -0.2) is 0 Å². The maximum absolute atomic E-state index is 11.8. The molecule has 108 valence electrons. The van der Waals surface area contributed by atoms with Crippen LogP contribution in [0.25, 0.3) is 0 Å². The Hall–Kier alpha value is -2.15. The van der Waals surface area contributed by atoms with Crippen LogP contribution in [0.3, 0.4) is 0 Å². The fraction of sp³-hybridized carbons (Fsp3) is 0.462. The number of nitrogens with zero attached hydrogens (tertiary/aromatic N) is 1. The molecule has 1 saturated carbocycles. The number of hydrogen-bond donors (Lipinski definition) is 3. The van der Waals surface area contributed by atoms with Crippen LogP contribution in [0.1, 0.15) is 29.6 Å². The summed E-state index contributed by atoms with van der Waals surface area (Å²) in [6.07, 6.45) is 2.48. The summed E-state index contributed by atoms with van der Waals surface area (Å²) in [5.41, 5.74) is 0.604. The van der Waals surface area contributed by atoms with E-state index in [1.54, 1.807) is 12.1 Å². The van der Waals surface area contributed by atoms with Crippen LogP contribution < -0.4 is 10.6 Å². The van der Waals surface area contributed by atoms with Crippen molar-refractivity contribution in [3.63, 3.8) is 0 Å². The molecule has 7 heteroatoms. The lowest BCUT2D eigenvalue weighted by molar-refractivity contribution is -0.384. The van der Waals surface area contributed by atoms with E-state index in [0.717, 1.165) is 12.8 Å². The first kappa shape index (κ1) is 14.3. The smallest absolute Gasteiger partial charge is 0.293 e. The van der Waals surface area contributed by atoms with Gasteiger partial charge in [0.05, 0.1) is 4.92 Å². The largest absolute Gasteiger partial charge is 0.396 e. The number of hydrogen-bond acceptors (Lipinski definition) is 5. The van der Waals surface area contributed by atoms with Gasteiger partial charge in [-0.05, 0) is 31.4 Å². The first-order valence-electron chi connectivity index (χ1n) is 6.56. The van der Waals surface area contributed by atoms with Gasteiger partial charge in [-0.2, -0.15) is 0 Å². The number of aliphatic hydroxyl groups excluding tert-OH is 1. The van der Waals surface area contributed by atoms with Crippen molar-refractivity contribution in [2.24, 2.45) is 0 Å². The monoisotopic (exact) mass is 279 g/mol.